The Labute approximate surface area is 150 Å². The van der Waals surface area contributed by atoms with Gasteiger partial charge >= 0.3 is 0 Å². The highest BCUT2D eigenvalue weighted by atomic mass is 16.5. The molecular weight excluding hydrogens is 328 g/mol. The smallest absolute Gasteiger partial charge is 0.251 e. The van der Waals surface area contributed by atoms with Crippen molar-refractivity contribution in [2.45, 2.75) is 6.54 Å². The third kappa shape index (κ3) is 2.73. The van der Waals surface area contributed by atoms with Crippen LogP contribution in [0.2, 0.25) is 0 Å². The van der Waals surface area contributed by atoms with Crippen molar-refractivity contribution in [3.63, 3.8) is 0 Å². The fourth-order valence-corrected chi connectivity index (χ4v) is 3.09. The SMILES string of the molecule is COc1ccc(CNC(=O)c2ccc3c(c2)C(=O)c2ccccc2-3)cn1. The molecule has 5 nitrogen and oxygen atoms in total. The van der Waals surface area contributed by atoms with Gasteiger partial charge in [0.05, 0.1) is 7.11 Å². The number of hydrogen-bond acceptors (Lipinski definition) is 4. The van der Waals surface area contributed by atoms with Gasteiger partial charge in [-0.2, -0.15) is 0 Å². The Kier molecular flexibility index (Phi) is 3.97. The van der Waals surface area contributed by atoms with Gasteiger partial charge in [-0.15, -0.1) is 0 Å². The predicted octanol–water partition coefficient (Wildman–Crippen LogP) is 3.23. The highest BCUT2D eigenvalue weighted by molar-refractivity contribution is 6.22. The summed E-state index contributed by atoms with van der Waals surface area (Å²) < 4.78 is 5.01. The molecular formula is C21H16N2O3. The summed E-state index contributed by atoms with van der Waals surface area (Å²) in [5.74, 6) is 0.258. The fourth-order valence-electron chi connectivity index (χ4n) is 3.09. The van der Waals surface area contributed by atoms with E-state index in [1.165, 1.54) is 0 Å². The molecule has 1 N–H and O–H groups in total. The summed E-state index contributed by atoms with van der Waals surface area (Å²) in [4.78, 5) is 29.1. The summed E-state index contributed by atoms with van der Waals surface area (Å²) in [6.45, 7) is 0.348. The summed E-state index contributed by atoms with van der Waals surface area (Å²) in [7, 11) is 1.55. The maximum absolute atomic E-state index is 12.6. The lowest BCUT2D eigenvalue weighted by Crippen LogP contribution is -2.23. The number of hydrogen-bond donors (Lipinski definition) is 1. The Balaban J connectivity index is 1.52. The van der Waals surface area contributed by atoms with Crippen LogP contribution in [0.3, 0.4) is 0 Å². The van der Waals surface area contributed by atoms with E-state index in [4.69, 9.17) is 4.74 Å². The van der Waals surface area contributed by atoms with Crippen LogP contribution in [0, 0.1) is 0 Å². The second-order valence-corrected chi connectivity index (χ2v) is 6.03. The monoisotopic (exact) mass is 344 g/mol. The van der Waals surface area contributed by atoms with Gasteiger partial charge in [-0.25, -0.2) is 4.98 Å². The maximum Gasteiger partial charge on any atom is 0.251 e. The lowest BCUT2D eigenvalue weighted by Gasteiger charge is -2.07. The minimum Gasteiger partial charge on any atom is -0.481 e. The van der Waals surface area contributed by atoms with Gasteiger partial charge in [0.1, 0.15) is 0 Å². The summed E-state index contributed by atoms with van der Waals surface area (Å²) >= 11 is 0. The molecule has 0 radical (unpaired) electrons. The number of benzene rings is 2. The van der Waals surface area contributed by atoms with E-state index in [0.29, 0.717) is 29.1 Å². The van der Waals surface area contributed by atoms with Crippen LogP contribution in [0.25, 0.3) is 11.1 Å². The van der Waals surface area contributed by atoms with Gasteiger partial charge in [-0.3, -0.25) is 9.59 Å². The number of nitrogens with one attached hydrogen (secondary N) is 1. The number of carbonyl (C=O) groups excluding carboxylic acids is 2. The van der Waals surface area contributed by atoms with Crippen LogP contribution in [0.5, 0.6) is 5.88 Å². The van der Waals surface area contributed by atoms with Gasteiger partial charge in [-0.05, 0) is 28.8 Å². The summed E-state index contributed by atoms with van der Waals surface area (Å²) in [6.07, 6.45) is 1.65. The summed E-state index contributed by atoms with van der Waals surface area (Å²) in [5, 5.41) is 2.85. The number of ether oxygens (including phenoxy) is 1. The maximum atomic E-state index is 12.6. The molecule has 0 saturated carbocycles. The number of methoxy groups -OCH3 is 1. The minimum atomic E-state index is -0.229. The predicted molar refractivity (Wildman–Crippen MR) is 97.3 cm³/mol. The van der Waals surface area contributed by atoms with Crippen molar-refractivity contribution in [3.8, 4) is 17.0 Å². The molecule has 1 aliphatic carbocycles. The summed E-state index contributed by atoms with van der Waals surface area (Å²) in [5.41, 5.74) is 4.38. The average Bonchev–Trinajstić information content (AvgIpc) is 2.99. The Hall–Kier alpha value is -3.47. The number of pyridine rings is 1. The highest BCUT2D eigenvalue weighted by Crippen LogP contribution is 2.36. The lowest BCUT2D eigenvalue weighted by atomic mass is 10.0. The zero-order valence-corrected chi connectivity index (χ0v) is 14.2. The molecule has 0 bridgehead atoms. The minimum absolute atomic E-state index is 0.0374. The van der Waals surface area contributed by atoms with Crippen molar-refractivity contribution in [1.29, 1.82) is 0 Å². The number of carbonyl (C=O) groups is 2. The normalized spacial score (nSPS) is 11.7. The average molecular weight is 344 g/mol. The van der Waals surface area contributed by atoms with Gasteiger partial charge in [0, 0.05) is 35.5 Å². The van der Waals surface area contributed by atoms with Crippen molar-refractivity contribution in [2.75, 3.05) is 7.11 Å². The van der Waals surface area contributed by atoms with E-state index in [1.54, 1.807) is 31.5 Å². The van der Waals surface area contributed by atoms with E-state index in [2.05, 4.69) is 10.3 Å². The van der Waals surface area contributed by atoms with E-state index in [1.807, 2.05) is 36.4 Å². The Morgan fingerprint density at radius 2 is 1.77 bits per heavy atom. The molecule has 0 saturated heterocycles. The molecule has 4 rings (SSSR count). The molecule has 0 fully saturated rings. The third-order valence-corrected chi connectivity index (χ3v) is 4.45. The Morgan fingerprint density at radius 3 is 2.50 bits per heavy atom. The van der Waals surface area contributed by atoms with Gasteiger partial charge < -0.3 is 10.1 Å². The van der Waals surface area contributed by atoms with Crippen molar-refractivity contribution < 1.29 is 14.3 Å². The van der Waals surface area contributed by atoms with E-state index in [-0.39, 0.29) is 11.7 Å². The van der Waals surface area contributed by atoms with Crippen molar-refractivity contribution in [1.82, 2.24) is 10.3 Å². The highest BCUT2D eigenvalue weighted by Gasteiger charge is 2.26. The number of rotatable bonds is 4. The first-order valence-electron chi connectivity index (χ1n) is 8.22. The fraction of sp³-hybridized carbons (Fsp3) is 0.0952. The second kappa shape index (κ2) is 6.44. The zero-order valence-electron chi connectivity index (χ0n) is 14.2. The Morgan fingerprint density at radius 1 is 1.00 bits per heavy atom. The van der Waals surface area contributed by atoms with E-state index in [9.17, 15) is 9.59 Å². The number of nitrogens with zero attached hydrogens (tertiary/aromatic N) is 1. The van der Waals surface area contributed by atoms with Crippen LogP contribution >= 0.6 is 0 Å². The number of fused-ring (bicyclic) bond motifs is 3. The quantitative estimate of drug-likeness (QED) is 0.617. The van der Waals surface area contributed by atoms with Crippen LogP contribution < -0.4 is 10.1 Å². The van der Waals surface area contributed by atoms with E-state index >= 15 is 0 Å². The first kappa shape index (κ1) is 16.0. The topological polar surface area (TPSA) is 68.3 Å². The molecule has 0 unspecified atom stereocenters. The van der Waals surface area contributed by atoms with Gasteiger partial charge in [0.25, 0.3) is 5.91 Å². The second-order valence-electron chi connectivity index (χ2n) is 6.03. The number of amides is 1. The largest absolute Gasteiger partial charge is 0.481 e. The molecule has 2 aromatic carbocycles. The van der Waals surface area contributed by atoms with Crippen LogP contribution in [0.15, 0.2) is 60.8 Å². The third-order valence-electron chi connectivity index (χ3n) is 4.45. The van der Waals surface area contributed by atoms with Crippen LogP contribution in [-0.2, 0) is 6.54 Å². The molecule has 3 aromatic rings. The summed E-state index contributed by atoms with van der Waals surface area (Å²) in [6, 6.07) is 16.3. The first-order valence-corrected chi connectivity index (χ1v) is 8.22. The van der Waals surface area contributed by atoms with Gasteiger partial charge in [0.2, 0.25) is 5.88 Å². The van der Waals surface area contributed by atoms with Gasteiger partial charge in [-0.1, -0.05) is 36.4 Å². The van der Waals surface area contributed by atoms with Crippen molar-refractivity contribution in [2.24, 2.45) is 0 Å². The molecule has 1 heterocycles. The first-order chi connectivity index (χ1) is 12.7. The molecule has 0 aliphatic heterocycles. The lowest BCUT2D eigenvalue weighted by molar-refractivity contribution is 0.0951. The van der Waals surface area contributed by atoms with E-state index in [0.717, 1.165) is 16.7 Å². The van der Waals surface area contributed by atoms with Crippen LogP contribution in [0.1, 0.15) is 31.8 Å². The molecule has 128 valence electrons. The van der Waals surface area contributed by atoms with E-state index < -0.39 is 0 Å². The molecule has 0 atom stereocenters. The van der Waals surface area contributed by atoms with Gasteiger partial charge in [0.15, 0.2) is 5.78 Å². The molecule has 0 spiro atoms. The zero-order chi connectivity index (χ0) is 18.1. The molecule has 5 heteroatoms. The number of aromatic nitrogens is 1. The van der Waals surface area contributed by atoms with Crippen LogP contribution in [0.4, 0.5) is 0 Å². The molecule has 1 aliphatic rings. The van der Waals surface area contributed by atoms with Crippen molar-refractivity contribution >= 4 is 11.7 Å². The van der Waals surface area contributed by atoms with Crippen LogP contribution in [-0.4, -0.2) is 23.8 Å². The standard InChI is InChI=1S/C21H16N2O3/c1-26-19-9-6-13(11-22-19)12-23-21(25)14-7-8-16-15-4-2-3-5-17(15)20(24)18(16)10-14/h2-11H,12H2,1H3,(H,23,25). The van der Waals surface area contributed by atoms with Crippen molar-refractivity contribution in [3.05, 3.63) is 83.0 Å². The molecule has 26 heavy (non-hydrogen) atoms. The Bertz CT molecular complexity index is 1010. The molecule has 1 aromatic heterocycles. The molecule has 1 amide bonds. The number of ketones is 1.